The Morgan fingerprint density at radius 1 is 1.10 bits per heavy atom. The zero-order valence-electron chi connectivity index (χ0n) is 10.9. The zero-order chi connectivity index (χ0) is 14.1. The molecule has 0 saturated heterocycles. The van der Waals surface area contributed by atoms with Crippen molar-refractivity contribution in [1.82, 2.24) is 0 Å². The highest BCUT2D eigenvalue weighted by Crippen LogP contribution is 2.33. The topological polar surface area (TPSA) is 35.2 Å². The standard InChI is InChI=1S/C16H15Cl2NO/c17-14-6-2-5-13(15(14)18)16(19)10-3-1-4-12(9-10)20-11-7-8-11/h1-6,9,11,16H,7-8,19H2. The summed E-state index contributed by atoms with van der Waals surface area (Å²) in [7, 11) is 0. The predicted molar refractivity (Wildman–Crippen MR) is 82.6 cm³/mol. The largest absolute Gasteiger partial charge is 0.490 e. The molecule has 3 rings (SSSR count). The van der Waals surface area contributed by atoms with Gasteiger partial charge in [0.1, 0.15) is 5.75 Å². The molecule has 1 saturated carbocycles. The second-order valence-corrected chi connectivity index (χ2v) is 5.80. The minimum atomic E-state index is -0.316. The van der Waals surface area contributed by atoms with E-state index in [1.807, 2.05) is 36.4 Å². The third kappa shape index (κ3) is 2.93. The molecular weight excluding hydrogens is 293 g/mol. The van der Waals surface area contributed by atoms with Crippen LogP contribution in [0.15, 0.2) is 42.5 Å². The van der Waals surface area contributed by atoms with Crippen molar-refractivity contribution in [2.45, 2.75) is 25.0 Å². The van der Waals surface area contributed by atoms with Gasteiger partial charge in [-0.05, 0) is 42.2 Å². The molecule has 0 aliphatic heterocycles. The summed E-state index contributed by atoms with van der Waals surface area (Å²) >= 11 is 12.3. The van der Waals surface area contributed by atoms with Crippen LogP contribution in [0.1, 0.15) is 30.0 Å². The number of halogens is 2. The monoisotopic (exact) mass is 307 g/mol. The molecule has 2 N–H and O–H groups in total. The van der Waals surface area contributed by atoms with Crippen LogP contribution in [0, 0.1) is 0 Å². The van der Waals surface area contributed by atoms with Gasteiger partial charge in [0, 0.05) is 0 Å². The molecule has 4 heteroatoms. The first-order valence-corrected chi connectivity index (χ1v) is 7.37. The second-order valence-electron chi connectivity index (χ2n) is 5.01. The van der Waals surface area contributed by atoms with Crippen LogP contribution in [0.5, 0.6) is 5.75 Å². The van der Waals surface area contributed by atoms with Gasteiger partial charge < -0.3 is 10.5 Å². The average Bonchev–Trinajstić information content (AvgIpc) is 3.25. The molecule has 1 unspecified atom stereocenters. The molecule has 2 aromatic carbocycles. The minimum Gasteiger partial charge on any atom is -0.490 e. The Morgan fingerprint density at radius 2 is 1.85 bits per heavy atom. The Bertz CT molecular complexity index is 626. The van der Waals surface area contributed by atoms with E-state index in [0.29, 0.717) is 16.1 Å². The Morgan fingerprint density at radius 3 is 2.60 bits per heavy atom. The van der Waals surface area contributed by atoms with Crippen molar-refractivity contribution in [1.29, 1.82) is 0 Å². The average molecular weight is 308 g/mol. The van der Waals surface area contributed by atoms with Gasteiger partial charge in [-0.3, -0.25) is 0 Å². The van der Waals surface area contributed by atoms with Crippen LogP contribution < -0.4 is 10.5 Å². The summed E-state index contributed by atoms with van der Waals surface area (Å²) in [4.78, 5) is 0. The molecule has 1 aliphatic carbocycles. The molecule has 20 heavy (non-hydrogen) atoms. The van der Waals surface area contributed by atoms with Crippen LogP contribution in [0.4, 0.5) is 0 Å². The second kappa shape index (κ2) is 5.65. The van der Waals surface area contributed by atoms with Gasteiger partial charge in [-0.15, -0.1) is 0 Å². The van der Waals surface area contributed by atoms with Crippen LogP contribution >= 0.6 is 23.2 Å². The van der Waals surface area contributed by atoms with Crippen LogP contribution in [0.3, 0.4) is 0 Å². The molecule has 0 aromatic heterocycles. The Kier molecular flexibility index (Phi) is 3.88. The quantitative estimate of drug-likeness (QED) is 0.897. The van der Waals surface area contributed by atoms with E-state index in [0.717, 1.165) is 29.7 Å². The van der Waals surface area contributed by atoms with Crippen LogP contribution in [0.25, 0.3) is 0 Å². The molecule has 0 amide bonds. The Labute approximate surface area is 128 Å². The van der Waals surface area contributed by atoms with Crippen molar-refractivity contribution in [2.24, 2.45) is 5.73 Å². The number of nitrogens with two attached hydrogens (primary N) is 1. The lowest BCUT2D eigenvalue weighted by Gasteiger charge is -2.16. The predicted octanol–water partition coefficient (Wildman–Crippen LogP) is 4.58. The van der Waals surface area contributed by atoms with E-state index in [4.69, 9.17) is 33.7 Å². The molecule has 2 nitrogen and oxygen atoms in total. The molecule has 1 atom stereocenters. The summed E-state index contributed by atoms with van der Waals surface area (Å²) < 4.78 is 5.79. The van der Waals surface area contributed by atoms with Gasteiger partial charge in [0.25, 0.3) is 0 Å². The van der Waals surface area contributed by atoms with Crippen LogP contribution in [0.2, 0.25) is 10.0 Å². The molecule has 0 heterocycles. The van der Waals surface area contributed by atoms with Crippen molar-refractivity contribution in [3.63, 3.8) is 0 Å². The van der Waals surface area contributed by atoms with Crippen LogP contribution in [-0.2, 0) is 0 Å². The number of rotatable bonds is 4. The minimum absolute atomic E-state index is 0.316. The summed E-state index contributed by atoms with van der Waals surface area (Å²) in [5.41, 5.74) is 8.09. The smallest absolute Gasteiger partial charge is 0.120 e. The van der Waals surface area contributed by atoms with Crippen molar-refractivity contribution in [3.8, 4) is 5.75 Å². The molecule has 0 radical (unpaired) electrons. The number of hydrogen-bond acceptors (Lipinski definition) is 2. The van der Waals surface area contributed by atoms with Crippen LogP contribution in [-0.4, -0.2) is 6.10 Å². The van der Waals surface area contributed by atoms with Gasteiger partial charge in [0.2, 0.25) is 0 Å². The molecule has 1 fully saturated rings. The lowest BCUT2D eigenvalue weighted by molar-refractivity contribution is 0.303. The van der Waals surface area contributed by atoms with E-state index in [1.54, 1.807) is 6.07 Å². The summed E-state index contributed by atoms with van der Waals surface area (Å²) in [6.07, 6.45) is 2.64. The van der Waals surface area contributed by atoms with E-state index >= 15 is 0 Å². The van der Waals surface area contributed by atoms with Crippen molar-refractivity contribution >= 4 is 23.2 Å². The fourth-order valence-corrected chi connectivity index (χ4v) is 2.53. The zero-order valence-corrected chi connectivity index (χ0v) is 12.4. The van der Waals surface area contributed by atoms with Gasteiger partial charge in [0.05, 0.1) is 22.2 Å². The molecule has 0 spiro atoms. The number of ether oxygens (including phenoxy) is 1. The van der Waals surface area contributed by atoms with E-state index in [1.165, 1.54) is 0 Å². The fraction of sp³-hybridized carbons (Fsp3) is 0.250. The molecule has 104 valence electrons. The maximum atomic E-state index is 6.30. The highest BCUT2D eigenvalue weighted by molar-refractivity contribution is 6.42. The summed E-state index contributed by atoms with van der Waals surface area (Å²) in [5.74, 6) is 0.860. The first-order chi connectivity index (χ1) is 9.65. The summed E-state index contributed by atoms with van der Waals surface area (Å²) in [6, 6.07) is 13.0. The summed E-state index contributed by atoms with van der Waals surface area (Å²) in [6.45, 7) is 0. The SMILES string of the molecule is NC(c1cccc(OC2CC2)c1)c1cccc(Cl)c1Cl. The van der Waals surface area contributed by atoms with Gasteiger partial charge in [-0.2, -0.15) is 0 Å². The first kappa shape index (κ1) is 13.7. The van der Waals surface area contributed by atoms with Gasteiger partial charge in [-0.25, -0.2) is 0 Å². The number of hydrogen-bond donors (Lipinski definition) is 1. The Balaban J connectivity index is 1.89. The lowest BCUT2D eigenvalue weighted by Crippen LogP contribution is -2.12. The molecular formula is C16H15Cl2NO. The van der Waals surface area contributed by atoms with Crippen molar-refractivity contribution in [2.75, 3.05) is 0 Å². The molecule has 0 bridgehead atoms. The Hall–Kier alpha value is -1.22. The van der Waals surface area contributed by atoms with E-state index in [-0.39, 0.29) is 6.04 Å². The van der Waals surface area contributed by atoms with Crippen molar-refractivity contribution in [3.05, 3.63) is 63.6 Å². The van der Waals surface area contributed by atoms with E-state index < -0.39 is 0 Å². The molecule has 1 aliphatic rings. The van der Waals surface area contributed by atoms with Gasteiger partial charge in [0.15, 0.2) is 0 Å². The third-order valence-electron chi connectivity index (χ3n) is 3.36. The van der Waals surface area contributed by atoms with Gasteiger partial charge in [-0.1, -0.05) is 47.5 Å². The van der Waals surface area contributed by atoms with E-state index in [9.17, 15) is 0 Å². The maximum absolute atomic E-state index is 6.30. The first-order valence-electron chi connectivity index (χ1n) is 6.61. The lowest BCUT2D eigenvalue weighted by atomic mass is 9.99. The molecule has 2 aromatic rings. The highest BCUT2D eigenvalue weighted by Gasteiger charge is 2.24. The summed E-state index contributed by atoms with van der Waals surface area (Å²) in [5, 5.41) is 1.03. The van der Waals surface area contributed by atoms with Gasteiger partial charge >= 0.3 is 0 Å². The van der Waals surface area contributed by atoms with Crippen molar-refractivity contribution < 1.29 is 4.74 Å². The fourth-order valence-electron chi connectivity index (χ4n) is 2.10. The maximum Gasteiger partial charge on any atom is 0.120 e. The third-order valence-corrected chi connectivity index (χ3v) is 4.19. The highest BCUT2D eigenvalue weighted by atomic mass is 35.5. The normalized spacial score (nSPS) is 15.9. The number of benzene rings is 2. The van der Waals surface area contributed by atoms with E-state index in [2.05, 4.69) is 0 Å².